The Labute approximate surface area is 183 Å². The van der Waals surface area contributed by atoms with Crippen LogP contribution < -0.4 is 15.4 Å². The summed E-state index contributed by atoms with van der Waals surface area (Å²) in [4.78, 5) is 31.8. The molecule has 4 rings (SSSR count). The van der Waals surface area contributed by atoms with E-state index in [0.717, 1.165) is 23.7 Å². The largest absolute Gasteiger partial charge is 0.474 e. The van der Waals surface area contributed by atoms with Crippen molar-refractivity contribution in [3.8, 4) is 11.9 Å². The number of carbonyl (C=O) groups is 2. The Kier molecular flexibility index (Phi) is 6.05. The third-order valence-corrected chi connectivity index (χ3v) is 5.50. The molecule has 0 spiro atoms. The van der Waals surface area contributed by atoms with Gasteiger partial charge in [-0.05, 0) is 49.9 Å². The van der Waals surface area contributed by atoms with E-state index < -0.39 is 11.8 Å². The fraction of sp³-hybridized carbons (Fsp3) is 0.273. The summed E-state index contributed by atoms with van der Waals surface area (Å²) in [6.07, 6.45) is 5.95. The van der Waals surface area contributed by atoms with Crippen LogP contribution in [0.5, 0.6) is 5.88 Å². The first kappa shape index (κ1) is 20.7. The zero-order valence-corrected chi connectivity index (χ0v) is 17.3. The molecule has 3 N–H and O–H groups in total. The molecule has 1 aromatic carbocycles. The smallest absolute Gasteiger partial charge is 0.313 e. The topological polar surface area (TPSA) is 120 Å². The first-order chi connectivity index (χ1) is 15.0. The van der Waals surface area contributed by atoms with Gasteiger partial charge in [0, 0.05) is 40.4 Å². The number of fused-ring (bicyclic) bond motifs is 1. The van der Waals surface area contributed by atoms with Crippen LogP contribution in [0.2, 0.25) is 5.02 Å². The average molecular weight is 438 g/mol. The second kappa shape index (κ2) is 9.06. The van der Waals surface area contributed by atoms with Gasteiger partial charge in [-0.2, -0.15) is 5.26 Å². The number of carbonyl (C=O) groups excluding carboxylic acids is 2. The number of pyridine rings is 1. The molecule has 158 valence electrons. The van der Waals surface area contributed by atoms with Crippen molar-refractivity contribution in [1.29, 1.82) is 5.26 Å². The Balaban J connectivity index is 1.26. The van der Waals surface area contributed by atoms with Gasteiger partial charge in [0.25, 0.3) is 0 Å². The molecule has 8 nitrogen and oxygen atoms in total. The Morgan fingerprint density at radius 2 is 1.97 bits per heavy atom. The molecule has 0 unspecified atom stereocenters. The molecular formula is C22H20ClN5O3. The minimum atomic E-state index is -0.721. The highest BCUT2D eigenvalue weighted by atomic mass is 35.5. The van der Waals surface area contributed by atoms with Crippen molar-refractivity contribution in [3.63, 3.8) is 0 Å². The van der Waals surface area contributed by atoms with Crippen LogP contribution in [0, 0.1) is 11.3 Å². The summed E-state index contributed by atoms with van der Waals surface area (Å²) in [5.74, 6) is -0.916. The van der Waals surface area contributed by atoms with E-state index in [4.69, 9.17) is 21.6 Å². The molecule has 31 heavy (non-hydrogen) atoms. The van der Waals surface area contributed by atoms with Crippen LogP contribution >= 0.6 is 11.6 Å². The Morgan fingerprint density at radius 1 is 1.16 bits per heavy atom. The number of rotatable bonds is 4. The number of aromatic amines is 1. The number of nitrogens with zero attached hydrogens (tertiary/aromatic N) is 2. The zero-order chi connectivity index (χ0) is 21.8. The van der Waals surface area contributed by atoms with E-state index in [1.54, 1.807) is 36.5 Å². The summed E-state index contributed by atoms with van der Waals surface area (Å²) in [6.45, 7) is 0. The molecule has 9 heteroatoms. The van der Waals surface area contributed by atoms with Crippen LogP contribution in [0.3, 0.4) is 0 Å². The number of hydrogen-bond acceptors (Lipinski definition) is 5. The van der Waals surface area contributed by atoms with Crippen molar-refractivity contribution in [1.82, 2.24) is 15.3 Å². The fourth-order valence-corrected chi connectivity index (χ4v) is 3.81. The quantitative estimate of drug-likeness (QED) is 0.539. The third kappa shape index (κ3) is 4.95. The molecule has 0 aliphatic heterocycles. The van der Waals surface area contributed by atoms with Crippen LogP contribution in [-0.2, 0) is 9.59 Å². The molecule has 0 radical (unpaired) electrons. The van der Waals surface area contributed by atoms with Gasteiger partial charge in [0.15, 0.2) is 0 Å². The predicted molar refractivity (Wildman–Crippen MR) is 116 cm³/mol. The average Bonchev–Trinajstić information content (AvgIpc) is 3.17. The summed E-state index contributed by atoms with van der Waals surface area (Å²) in [5, 5.41) is 15.5. The van der Waals surface area contributed by atoms with E-state index in [0.29, 0.717) is 35.0 Å². The number of nitriles is 1. The molecule has 2 heterocycles. The Hall–Kier alpha value is -3.57. The number of hydrogen-bond donors (Lipinski definition) is 3. The maximum absolute atomic E-state index is 12.3. The summed E-state index contributed by atoms with van der Waals surface area (Å²) >= 11 is 6.02. The maximum Gasteiger partial charge on any atom is 0.313 e. The number of halogens is 1. The normalized spacial score (nSPS) is 18.2. The fourth-order valence-electron chi connectivity index (χ4n) is 3.64. The van der Waals surface area contributed by atoms with Crippen molar-refractivity contribution in [2.24, 2.45) is 0 Å². The maximum atomic E-state index is 12.3. The summed E-state index contributed by atoms with van der Waals surface area (Å²) in [7, 11) is 0. The molecule has 1 aliphatic carbocycles. The molecule has 0 bridgehead atoms. The standard InChI is InChI=1S/C22H20ClN5O3/c23-14-2-7-18-17(9-14)19(12-25-18)28-22(30)21(29)27-15-3-5-16(6-4-15)31-20-8-1-13(10-24)11-26-20/h1-2,7-9,11-12,15-16,25H,3-6H2,(H,27,29)(H,28,30). The Bertz CT molecular complexity index is 1140. The number of anilines is 1. The van der Waals surface area contributed by atoms with Gasteiger partial charge in [0.1, 0.15) is 12.2 Å². The highest BCUT2D eigenvalue weighted by molar-refractivity contribution is 6.40. The monoisotopic (exact) mass is 437 g/mol. The van der Waals surface area contributed by atoms with Crippen LogP contribution in [-0.4, -0.2) is 33.9 Å². The molecule has 1 fully saturated rings. The van der Waals surface area contributed by atoms with Gasteiger partial charge in [-0.15, -0.1) is 0 Å². The lowest BCUT2D eigenvalue weighted by atomic mass is 9.93. The second-order valence-corrected chi connectivity index (χ2v) is 7.84. The van der Waals surface area contributed by atoms with Crippen molar-refractivity contribution in [2.75, 3.05) is 5.32 Å². The van der Waals surface area contributed by atoms with Gasteiger partial charge < -0.3 is 20.4 Å². The van der Waals surface area contributed by atoms with Gasteiger partial charge >= 0.3 is 11.8 Å². The number of amides is 2. The van der Waals surface area contributed by atoms with E-state index in [-0.39, 0.29) is 12.1 Å². The van der Waals surface area contributed by atoms with Crippen LogP contribution in [0.25, 0.3) is 10.9 Å². The lowest BCUT2D eigenvalue weighted by molar-refractivity contribution is -0.136. The molecule has 2 aromatic heterocycles. The van der Waals surface area contributed by atoms with E-state index in [9.17, 15) is 9.59 Å². The van der Waals surface area contributed by atoms with E-state index in [2.05, 4.69) is 20.6 Å². The van der Waals surface area contributed by atoms with Crippen molar-refractivity contribution in [3.05, 3.63) is 53.3 Å². The third-order valence-electron chi connectivity index (χ3n) is 5.26. The minimum absolute atomic E-state index is 0.0154. The van der Waals surface area contributed by atoms with Crippen LogP contribution in [0.15, 0.2) is 42.7 Å². The molecule has 2 amide bonds. The number of H-pyrrole nitrogens is 1. The molecule has 3 aromatic rings. The van der Waals surface area contributed by atoms with Crippen molar-refractivity contribution >= 4 is 40.0 Å². The molecule has 1 aliphatic rings. The van der Waals surface area contributed by atoms with E-state index in [1.807, 2.05) is 6.07 Å². The summed E-state index contributed by atoms with van der Waals surface area (Å²) < 4.78 is 5.85. The first-order valence-corrected chi connectivity index (χ1v) is 10.3. The van der Waals surface area contributed by atoms with E-state index >= 15 is 0 Å². The van der Waals surface area contributed by atoms with Crippen LogP contribution in [0.4, 0.5) is 5.69 Å². The highest BCUT2D eigenvalue weighted by Crippen LogP contribution is 2.26. The van der Waals surface area contributed by atoms with Gasteiger partial charge in [0.2, 0.25) is 5.88 Å². The van der Waals surface area contributed by atoms with E-state index in [1.165, 1.54) is 6.20 Å². The summed E-state index contributed by atoms with van der Waals surface area (Å²) in [6, 6.07) is 10.5. The molecule has 0 atom stereocenters. The number of ether oxygens (including phenoxy) is 1. The van der Waals surface area contributed by atoms with Gasteiger partial charge in [-0.25, -0.2) is 4.98 Å². The second-order valence-electron chi connectivity index (χ2n) is 7.41. The van der Waals surface area contributed by atoms with Gasteiger partial charge in [-0.1, -0.05) is 11.6 Å². The lowest BCUT2D eigenvalue weighted by Crippen LogP contribution is -2.44. The van der Waals surface area contributed by atoms with Crippen LogP contribution in [0.1, 0.15) is 31.2 Å². The van der Waals surface area contributed by atoms with Gasteiger partial charge in [-0.3, -0.25) is 9.59 Å². The lowest BCUT2D eigenvalue weighted by Gasteiger charge is -2.29. The molecular weight excluding hydrogens is 418 g/mol. The Morgan fingerprint density at radius 3 is 2.68 bits per heavy atom. The summed E-state index contributed by atoms with van der Waals surface area (Å²) in [5.41, 5.74) is 1.80. The predicted octanol–water partition coefficient (Wildman–Crippen LogP) is 3.53. The van der Waals surface area contributed by atoms with Crippen molar-refractivity contribution < 1.29 is 14.3 Å². The van der Waals surface area contributed by atoms with Gasteiger partial charge in [0.05, 0.1) is 11.3 Å². The SMILES string of the molecule is N#Cc1ccc(OC2CCC(NC(=O)C(=O)Nc3c[nH]c4ccc(Cl)cc34)CC2)nc1. The van der Waals surface area contributed by atoms with Crippen molar-refractivity contribution in [2.45, 2.75) is 37.8 Å². The number of benzene rings is 1. The molecule has 1 saturated carbocycles. The highest BCUT2D eigenvalue weighted by Gasteiger charge is 2.26. The zero-order valence-electron chi connectivity index (χ0n) is 16.5. The number of aromatic nitrogens is 2. The number of nitrogens with one attached hydrogen (secondary N) is 3. The molecule has 0 saturated heterocycles. The minimum Gasteiger partial charge on any atom is -0.474 e. The first-order valence-electron chi connectivity index (χ1n) is 9.93.